The molecule has 3 nitrogen and oxygen atoms in total. The van der Waals surface area contributed by atoms with E-state index in [2.05, 4.69) is 22.9 Å². The van der Waals surface area contributed by atoms with Crippen LogP contribution in [-0.4, -0.2) is 33.8 Å². The summed E-state index contributed by atoms with van der Waals surface area (Å²) in [5.74, 6) is -0.481. The third kappa shape index (κ3) is 3.26. The van der Waals surface area contributed by atoms with Gasteiger partial charge in [-0.3, -0.25) is 4.79 Å². The average molecular weight is 330 g/mol. The van der Waals surface area contributed by atoms with Crippen molar-refractivity contribution in [2.45, 2.75) is 24.6 Å². The number of likely N-dealkylation sites (tertiary alicyclic amines) is 1. The van der Waals surface area contributed by atoms with Crippen molar-refractivity contribution in [1.29, 1.82) is 0 Å². The fourth-order valence-corrected chi connectivity index (χ4v) is 2.95. The van der Waals surface area contributed by atoms with E-state index in [1.165, 1.54) is 12.1 Å². The number of halogens is 2. The Bertz CT molecular complexity index is 471. The van der Waals surface area contributed by atoms with Gasteiger partial charge in [0.05, 0.1) is 5.56 Å². The van der Waals surface area contributed by atoms with Gasteiger partial charge < -0.3 is 10.0 Å². The first-order valence-corrected chi connectivity index (χ1v) is 7.32. The molecule has 2 rings (SSSR count). The molecule has 1 amide bonds. The van der Waals surface area contributed by atoms with Crippen LogP contribution in [0.4, 0.5) is 4.39 Å². The SMILES string of the molecule is CC(Br)C1CCN(C(=O)c2ccc(F)cc2O)CC1. The van der Waals surface area contributed by atoms with Crippen molar-refractivity contribution in [3.8, 4) is 5.75 Å². The van der Waals surface area contributed by atoms with E-state index >= 15 is 0 Å². The number of phenolic OH excluding ortho intramolecular Hbond substituents is 1. The Morgan fingerprint density at radius 3 is 2.63 bits per heavy atom. The standard InChI is InChI=1S/C14H17BrFNO2/c1-9(15)10-4-6-17(7-5-10)14(19)12-3-2-11(16)8-13(12)18/h2-3,8-10,18H,4-7H2,1H3. The predicted molar refractivity (Wildman–Crippen MR) is 75.1 cm³/mol. The lowest BCUT2D eigenvalue weighted by molar-refractivity contribution is 0.0688. The maximum absolute atomic E-state index is 12.9. The van der Waals surface area contributed by atoms with Gasteiger partial charge in [0.15, 0.2) is 0 Å². The molecule has 0 spiro atoms. The highest BCUT2D eigenvalue weighted by atomic mass is 79.9. The van der Waals surface area contributed by atoms with E-state index in [1.54, 1.807) is 4.90 Å². The molecular formula is C14H17BrFNO2. The Morgan fingerprint density at radius 1 is 1.47 bits per heavy atom. The zero-order chi connectivity index (χ0) is 14.0. The first-order valence-electron chi connectivity index (χ1n) is 6.41. The summed E-state index contributed by atoms with van der Waals surface area (Å²) in [7, 11) is 0. The van der Waals surface area contributed by atoms with Crippen LogP contribution in [0.2, 0.25) is 0 Å². The molecule has 0 bridgehead atoms. The van der Waals surface area contributed by atoms with Crippen LogP contribution in [0, 0.1) is 11.7 Å². The lowest BCUT2D eigenvalue weighted by Gasteiger charge is -2.33. The molecule has 1 aromatic rings. The van der Waals surface area contributed by atoms with Crippen LogP contribution < -0.4 is 0 Å². The molecule has 1 unspecified atom stereocenters. The van der Waals surface area contributed by atoms with Crippen molar-refractivity contribution in [2.75, 3.05) is 13.1 Å². The first-order chi connectivity index (χ1) is 8.99. The highest BCUT2D eigenvalue weighted by molar-refractivity contribution is 9.09. The summed E-state index contributed by atoms with van der Waals surface area (Å²) in [6, 6.07) is 3.51. The normalized spacial score (nSPS) is 18.4. The third-order valence-electron chi connectivity index (χ3n) is 3.67. The number of nitrogens with zero attached hydrogens (tertiary/aromatic N) is 1. The number of piperidine rings is 1. The highest BCUT2D eigenvalue weighted by Gasteiger charge is 2.26. The van der Waals surface area contributed by atoms with Gasteiger partial charge in [0.1, 0.15) is 11.6 Å². The third-order valence-corrected chi connectivity index (χ3v) is 4.41. The van der Waals surface area contributed by atoms with Crippen LogP contribution in [-0.2, 0) is 0 Å². The molecule has 1 heterocycles. The van der Waals surface area contributed by atoms with E-state index in [-0.39, 0.29) is 17.2 Å². The number of rotatable bonds is 2. The van der Waals surface area contributed by atoms with Crippen molar-refractivity contribution in [3.05, 3.63) is 29.6 Å². The summed E-state index contributed by atoms with van der Waals surface area (Å²) in [5.41, 5.74) is 0.173. The van der Waals surface area contributed by atoms with E-state index in [1.807, 2.05) is 0 Å². The summed E-state index contributed by atoms with van der Waals surface area (Å²) in [4.78, 5) is 14.4. The molecule has 1 saturated heterocycles. The number of carbonyl (C=O) groups excluding carboxylic acids is 1. The number of phenols is 1. The van der Waals surface area contributed by atoms with E-state index in [4.69, 9.17) is 0 Å². The molecule has 0 aliphatic carbocycles. The minimum atomic E-state index is -0.541. The van der Waals surface area contributed by atoms with Gasteiger partial charge >= 0.3 is 0 Å². The van der Waals surface area contributed by atoms with Crippen molar-refractivity contribution < 1.29 is 14.3 Å². The molecule has 1 aromatic carbocycles. The van der Waals surface area contributed by atoms with Gasteiger partial charge in [-0.05, 0) is 30.9 Å². The van der Waals surface area contributed by atoms with E-state index in [9.17, 15) is 14.3 Å². The minimum Gasteiger partial charge on any atom is -0.507 e. The maximum atomic E-state index is 12.9. The monoisotopic (exact) mass is 329 g/mol. The lowest BCUT2D eigenvalue weighted by Crippen LogP contribution is -2.40. The Balaban J connectivity index is 2.05. The number of amides is 1. The summed E-state index contributed by atoms with van der Waals surface area (Å²) < 4.78 is 12.9. The molecule has 0 aromatic heterocycles. The van der Waals surface area contributed by atoms with Crippen molar-refractivity contribution >= 4 is 21.8 Å². The highest BCUT2D eigenvalue weighted by Crippen LogP contribution is 2.27. The zero-order valence-corrected chi connectivity index (χ0v) is 12.4. The van der Waals surface area contributed by atoms with E-state index in [0.29, 0.717) is 23.8 Å². The van der Waals surface area contributed by atoms with Crippen LogP contribution in [0.25, 0.3) is 0 Å². The fourth-order valence-electron chi connectivity index (χ4n) is 2.42. The lowest BCUT2D eigenvalue weighted by atomic mass is 9.94. The number of carbonyl (C=O) groups is 1. The van der Waals surface area contributed by atoms with Gasteiger partial charge in [0, 0.05) is 24.0 Å². The van der Waals surface area contributed by atoms with Gasteiger partial charge in [-0.2, -0.15) is 0 Å². The Kier molecular flexibility index (Phi) is 4.45. The Labute approximate surface area is 120 Å². The average Bonchev–Trinajstić information content (AvgIpc) is 2.38. The van der Waals surface area contributed by atoms with Gasteiger partial charge in [-0.25, -0.2) is 4.39 Å². The number of alkyl halides is 1. The second kappa shape index (κ2) is 5.90. The van der Waals surface area contributed by atoms with Crippen molar-refractivity contribution in [3.63, 3.8) is 0 Å². The maximum Gasteiger partial charge on any atom is 0.257 e. The summed E-state index contributed by atoms with van der Waals surface area (Å²) in [6.45, 7) is 3.47. The number of hydrogen-bond donors (Lipinski definition) is 1. The first kappa shape index (κ1) is 14.3. The van der Waals surface area contributed by atoms with Gasteiger partial charge in [0.25, 0.3) is 5.91 Å². The van der Waals surface area contributed by atoms with Crippen LogP contribution in [0.3, 0.4) is 0 Å². The largest absolute Gasteiger partial charge is 0.507 e. The molecule has 1 aliphatic heterocycles. The predicted octanol–water partition coefficient (Wildman–Crippen LogP) is 3.17. The Hall–Kier alpha value is -1.10. The summed E-state index contributed by atoms with van der Waals surface area (Å²) >= 11 is 3.57. The fraction of sp³-hybridized carbons (Fsp3) is 0.500. The second-order valence-corrected chi connectivity index (χ2v) is 6.41. The van der Waals surface area contributed by atoms with Crippen LogP contribution in [0.15, 0.2) is 18.2 Å². The molecule has 1 atom stereocenters. The van der Waals surface area contributed by atoms with Crippen molar-refractivity contribution in [1.82, 2.24) is 4.90 Å². The van der Waals surface area contributed by atoms with Crippen LogP contribution >= 0.6 is 15.9 Å². The quantitative estimate of drug-likeness (QED) is 0.846. The van der Waals surface area contributed by atoms with E-state index < -0.39 is 5.82 Å². The summed E-state index contributed by atoms with van der Waals surface area (Å²) in [5, 5.41) is 9.64. The molecule has 19 heavy (non-hydrogen) atoms. The van der Waals surface area contributed by atoms with Gasteiger partial charge in [0.2, 0.25) is 0 Å². The summed E-state index contributed by atoms with van der Waals surface area (Å²) in [6.07, 6.45) is 1.89. The van der Waals surface area contributed by atoms with Crippen molar-refractivity contribution in [2.24, 2.45) is 5.92 Å². The molecule has 1 N–H and O–H groups in total. The molecule has 5 heteroatoms. The van der Waals surface area contributed by atoms with Gasteiger partial charge in [-0.1, -0.05) is 22.9 Å². The minimum absolute atomic E-state index is 0.173. The van der Waals surface area contributed by atoms with E-state index in [0.717, 1.165) is 18.9 Å². The Morgan fingerprint density at radius 2 is 2.11 bits per heavy atom. The molecule has 104 valence electrons. The molecule has 1 aliphatic rings. The topological polar surface area (TPSA) is 40.5 Å². The molecule has 0 saturated carbocycles. The number of aromatic hydroxyl groups is 1. The van der Waals surface area contributed by atoms with Gasteiger partial charge in [-0.15, -0.1) is 0 Å². The number of benzene rings is 1. The smallest absolute Gasteiger partial charge is 0.257 e. The zero-order valence-electron chi connectivity index (χ0n) is 10.8. The molecule has 1 fully saturated rings. The number of hydrogen-bond acceptors (Lipinski definition) is 2. The van der Waals surface area contributed by atoms with Crippen LogP contribution in [0.5, 0.6) is 5.75 Å². The second-order valence-electron chi connectivity index (χ2n) is 4.97. The van der Waals surface area contributed by atoms with Crippen LogP contribution in [0.1, 0.15) is 30.1 Å². The molecular weight excluding hydrogens is 313 g/mol. The molecule has 0 radical (unpaired) electrons.